The van der Waals surface area contributed by atoms with Gasteiger partial charge in [0.1, 0.15) is 6.54 Å². The largest absolute Gasteiger partial charge is 0.357 e. The van der Waals surface area contributed by atoms with Gasteiger partial charge in [-0.25, -0.2) is 4.99 Å². The summed E-state index contributed by atoms with van der Waals surface area (Å²) in [6.07, 6.45) is 0. The third-order valence-corrected chi connectivity index (χ3v) is 4.19. The van der Waals surface area contributed by atoms with Crippen LogP contribution in [-0.2, 0) is 11.3 Å². The second kappa shape index (κ2) is 11.0. The number of para-hydroxylation sites is 1. The van der Waals surface area contributed by atoms with Crippen molar-refractivity contribution in [3.63, 3.8) is 0 Å². The maximum absolute atomic E-state index is 11.9. The highest BCUT2D eigenvalue weighted by Gasteiger charge is 2.04. The first-order valence-electron chi connectivity index (χ1n) is 7.59. The molecule has 0 radical (unpaired) electrons. The van der Waals surface area contributed by atoms with Crippen LogP contribution in [0.25, 0.3) is 0 Å². The van der Waals surface area contributed by atoms with Crippen LogP contribution in [0.4, 0.5) is 5.69 Å². The highest BCUT2D eigenvalue weighted by atomic mass is 127. The standard InChI is InChI=1S/C17H22N4OS.HI/c1-3-18-17(19-11-15-13(2)9-10-23-15)20-12-16(22)21-14-7-5-4-6-8-14;/h4-10H,3,11-12H2,1-2H3,(H,21,22)(H2,18,19,20);1H. The summed E-state index contributed by atoms with van der Waals surface area (Å²) in [5, 5.41) is 11.3. The Morgan fingerprint density at radius 1 is 1.17 bits per heavy atom. The molecule has 7 heteroatoms. The minimum atomic E-state index is -0.138. The number of nitrogens with one attached hydrogen (secondary N) is 3. The van der Waals surface area contributed by atoms with Gasteiger partial charge in [0.25, 0.3) is 0 Å². The highest BCUT2D eigenvalue weighted by molar-refractivity contribution is 14.0. The van der Waals surface area contributed by atoms with E-state index in [9.17, 15) is 4.79 Å². The monoisotopic (exact) mass is 458 g/mol. The fourth-order valence-electron chi connectivity index (χ4n) is 1.96. The molecule has 0 saturated heterocycles. The van der Waals surface area contributed by atoms with Gasteiger partial charge < -0.3 is 16.0 Å². The Labute approximate surface area is 164 Å². The second-order valence-electron chi connectivity index (χ2n) is 4.99. The molecule has 24 heavy (non-hydrogen) atoms. The van der Waals surface area contributed by atoms with Gasteiger partial charge in [-0.1, -0.05) is 18.2 Å². The summed E-state index contributed by atoms with van der Waals surface area (Å²) in [7, 11) is 0. The van der Waals surface area contributed by atoms with Crippen LogP contribution in [-0.4, -0.2) is 25.0 Å². The molecule has 0 aliphatic rings. The Morgan fingerprint density at radius 3 is 2.54 bits per heavy atom. The smallest absolute Gasteiger partial charge is 0.246 e. The molecule has 1 aromatic carbocycles. The molecule has 1 aromatic heterocycles. The van der Waals surface area contributed by atoms with E-state index in [-0.39, 0.29) is 36.4 Å². The molecule has 0 bridgehead atoms. The number of rotatable bonds is 6. The fourth-order valence-corrected chi connectivity index (χ4v) is 2.81. The van der Waals surface area contributed by atoms with E-state index in [1.54, 1.807) is 11.3 Å². The number of hydrogen-bond acceptors (Lipinski definition) is 3. The van der Waals surface area contributed by atoms with Gasteiger partial charge in [-0.2, -0.15) is 0 Å². The Kier molecular flexibility index (Phi) is 9.39. The van der Waals surface area contributed by atoms with E-state index < -0.39 is 0 Å². The Morgan fingerprint density at radius 2 is 1.92 bits per heavy atom. The predicted molar refractivity (Wildman–Crippen MR) is 112 cm³/mol. The molecular weight excluding hydrogens is 435 g/mol. The number of amides is 1. The summed E-state index contributed by atoms with van der Waals surface area (Å²) in [5.74, 6) is 0.504. The van der Waals surface area contributed by atoms with Gasteiger partial charge in [0.2, 0.25) is 5.91 Å². The molecule has 0 fully saturated rings. The minimum Gasteiger partial charge on any atom is -0.357 e. The first kappa shape index (κ1) is 20.4. The van der Waals surface area contributed by atoms with E-state index in [0.717, 1.165) is 12.2 Å². The first-order chi connectivity index (χ1) is 11.2. The third-order valence-electron chi connectivity index (χ3n) is 3.17. The number of carbonyl (C=O) groups is 1. The normalized spacial score (nSPS) is 10.7. The molecule has 130 valence electrons. The Balaban J connectivity index is 0.00000288. The van der Waals surface area contributed by atoms with E-state index >= 15 is 0 Å². The quantitative estimate of drug-likeness (QED) is 0.354. The lowest BCUT2D eigenvalue weighted by Gasteiger charge is -2.11. The van der Waals surface area contributed by atoms with Crippen molar-refractivity contribution < 1.29 is 4.79 Å². The minimum absolute atomic E-state index is 0. The molecule has 2 rings (SSSR count). The Hall–Kier alpha value is -1.61. The maximum Gasteiger partial charge on any atom is 0.246 e. The molecule has 0 atom stereocenters. The van der Waals surface area contributed by atoms with Crippen LogP contribution in [0, 0.1) is 6.92 Å². The molecule has 5 nitrogen and oxygen atoms in total. The summed E-state index contributed by atoms with van der Waals surface area (Å²) in [5.41, 5.74) is 2.04. The number of benzene rings is 1. The number of anilines is 1. The van der Waals surface area contributed by atoms with Crippen molar-refractivity contribution in [2.24, 2.45) is 4.99 Å². The van der Waals surface area contributed by atoms with Crippen molar-refractivity contribution in [1.29, 1.82) is 0 Å². The number of carbonyl (C=O) groups excluding carboxylic acids is 1. The molecule has 0 unspecified atom stereocenters. The number of guanidine groups is 1. The van der Waals surface area contributed by atoms with Crippen molar-refractivity contribution in [3.8, 4) is 0 Å². The number of aryl methyl sites for hydroxylation is 1. The molecule has 3 N–H and O–H groups in total. The number of aliphatic imine (C=N–C) groups is 1. The molecule has 0 saturated carbocycles. The van der Waals surface area contributed by atoms with Gasteiger partial charge in [-0.3, -0.25) is 4.79 Å². The second-order valence-corrected chi connectivity index (χ2v) is 5.99. The zero-order valence-electron chi connectivity index (χ0n) is 13.8. The molecule has 0 spiro atoms. The van der Waals surface area contributed by atoms with Gasteiger partial charge in [-0.15, -0.1) is 35.3 Å². The van der Waals surface area contributed by atoms with Crippen molar-refractivity contribution in [2.45, 2.75) is 20.4 Å². The summed E-state index contributed by atoms with van der Waals surface area (Å²) < 4.78 is 0. The zero-order chi connectivity index (χ0) is 16.5. The fraction of sp³-hybridized carbons (Fsp3) is 0.294. The Bertz CT molecular complexity index is 658. The van der Waals surface area contributed by atoms with Gasteiger partial charge >= 0.3 is 0 Å². The number of nitrogens with zero attached hydrogens (tertiary/aromatic N) is 1. The average Bonchev–Trinajstić information content (AvgIpc) is 2.96. The number of thiophene rings is 1. The summed E-state index contributed by atoms with van der Waals surface area (Å²) in [4.78, 5) is 17.5. The highest BCUT2D eigenvalue weighted by Crippen LogP contribution is 2.14. The van der Waals surface area contributed by atoms with E-state index in [4.69, 9.17) is 0 Å². The molecule has 0 aliphatic heterocycles. The van der Waals surface area contributed by atoms with Gasteiger partial charge in [0.05, 0.1) is 6.54 Å². The molecule has 2 aromatic rings. The van der Waals surface area contributed by atoms with Crippen LogP contribution in [0.1, 0.15) is 17.4 Å². The number of hydrogen-bond donors (Lipinski definition) is 3. The van der Waals surface area contributed by atoms with Gasteiger partial charge in [0, 0.05) is 17.1 Å². The molecule has 0 aliphatic carbocycles. The lowest BCUT2D eigenvalue weighted by molar-refractivity contribution is -0.114. The van der Waals surface area contributed by atoms with Crippen molar-refractivity contribution in [1.82, 2.24) is 10.6 Å². The van der Waals surface area contributed by atoms with E-state index in [1.807, 2.05) is 37.3 Å². The molecule has 1 heterocycles. The lowest BCUT2D eigenvalue weighted by Crippen LogP contribution is -2.37. The van der Waals surface area contributed by atoms with Crippen LogP contribution >= 0.6 is 35.3 Å². The van der Waals surface area contributed by atoms with E-state index in [0.29, 0.717) is 12.5 Å². The van der Waals surface area contributed by atoms with Gasteiger partial charge in [-0.05, 0) is 43.0 Å². The van der Waals surface area contributed by atoms with Gasteiger partial charge in [0.15, 0.2) is 5.96 Å². The van der Waals surface area contributed by atoms with E-state index in [2.05, 4.69) is 39.3 Å². The molecular formula is C17H23IN4OS. The van der Waals surface area contributed by atoms with E-state index in [1.165, 1.54) is 10.4 Å². The SMILES string of the molecule is CCNC(=NCC(=O)Nc1ccccc1)NCc1sccc1C.I. The topological polar surface area (TPSA) is 65.5 Å². The van der Waals surface area contributed by atoms with Crippen LogP contribution in [0.2, 0.25) is 0 Å². The maximum atomic E-state index is 11.9. The van der Waals surface area contributed by atoms with Crippen molar-refractivity contribution in [2.75, 3.05) is 18.4 Å². The predicted octanol–water partition coefficient (Wildman–Crippen LogP) is 3.37. The van der Waals surface area contributed by atoms with Crippen LogP contribution in [0.3, 0.4) is 0 Å². The summed E-state index contributed by atoms with van der Waals surface area (Å²) in [6, 6.07) is 11.5. The van der Waals surface area contributed by atoms with Crippen LogP contribution in [0.5, 0.6) is 0 Å². The average molecular weight is 458 g/mol. The first-order valence-corrected chi connectivity index (χ1v) is 8.47. The zero-order valence-corrected chi connectivity index (χ0v) is 17.0. The number of halogens is 1. The van der Waals surface area contributed by atoms with Crippen LogP contribution in [0.15, 0.2) is 46.8 Å². The third kappa shape index (κ3) is 6.88. The van der Waals surface area contributed by atoms with Crippen molar-refractivity contribution >= 4 is 52.9 Å². The molecule has 1 amide bonds. The summed E-state index contributed by atoms with van der Waals surface area (Å²) >= 11 is 1.71. The van der Waals surface area contributed by atoms with Crippen LogP contribution < -0.4 is 16.0 Å². The summed E-state index contributed by atoms with van der Waals surface area (Å²) in [6.45, 7) is 5.61. The van der Waals surface area contributed by atoms with Crippen molar-refractivity contribution in [3.05, 3.63) is 52.2 Å². The lowest BCUT2D eigenvalue weighted by atomic mass is 10.3.